The van der Waals surface area contributed by atoms with Crippen LogP contribution in [0.3, 0.4) is 0 Å². The van der Waals surface area contributed by atoms with Gasteiger partial charge in [0.25, 0.3) is 6.71 Å². The predicted molar refractivity (Wildman–Crippen MR) is 239 cm³/mol. The van der Waals surface area contributed by atoms with Gasteiger partial charge in [0.05, 0.1) is 0 Å². The Morgan fingerprint density at radius 3 is 1.67 bits per heavy atom. The summed E-state index contributed by atoms with van der Waals surface area (Å²) in [5.41, 5.74) is 18.0. The molecule has 288 valence electrons. The topological polar surface area (TPSA) is 6.48 Å². The molecule has 55 heavy (non-hydrogen) atoms. The van der Waals surface area contributed by atoms with E-state index in [2.05, 4.69) is 166 Å². The summed E-state index contributed by atoms with van der Waals surface area (Å²) in [7, 11) is 0. The van der Waals surface area contributed by atoms with E-state index in [0.29, 0.717) is 17.4 Å². The van der Waals surface area contributed by atoms with Crippen molar-refractivity contribution in [2.45, 2.75) is 163 Å². The zero-order chi connectivity index (χ0) is 39.0. The van der Waals surface area contributed by atoms with E-state index in [1.807, 2.05) is 0 Å². The van der Waals surface area contributed by atoms with Crippen molar-refractivity contribution in [3.05, 3.63) is 95.1 Å². The van der Waals surface area contributed by atoms with Gasteiger partial charge in [0.1, 0.15) is 0 Å². The highest BCUT2D eigenvalue weighted by Crippen LogP contribution is 2.68. The molecule has 3 fully saturated rings. The molecule has 2 nitrogen and oxygen atoms in total. The van der Waals surface area contributed by atoms with Crippen molar-refractivity contribution in [2.24, 2.45) is 16.7 Å². The highest BCUT2D eigenvalue weighted by molar-refractivity contribution is 7.00. The van der Waals surface area contributed by atoms with Gasteiger partial charge in [-0.05, 0) is 146 Å². The van der Waals surface area contributed by atoms with Crippen LogP contribution in [0.5, 0.6) is 0 Å². The lowest BCUT2D eigenvalue weighted by Crippen LogP contribution is -2.64. The molecule has 0 aromatic heterocycles. The molecule has 4 aromatic carbocycles. The van der Waals surface area contributed by atoms with Gasteiger partial charge in [-0.2, -0.15) is 0 Å². The molecule has 0 radical (unpaired) electrons. The monoisotopic (exact) mass is 731 g/mol. The Bertz CT molecular complexity index is 2150. The molecule has 3 unspecified atom stereocenters. The molecular formula is C52H67BN2. The molecule has 2 aliphatic heterocycles. The van der Waals surface area contributed by atoms with Crippen LogP contribution in [-0.2, 0) is 16.2 Å². The largest absolute Gasteiger partial charge is 0.339 e. The summed E-state index contributed by atoms with van der Waals surface area (Å²) in [6.45, 7) is 29.3. The van der Waals surface area contributed by atoms with E-state index >= 15 is 0 Å². The van der Waals surface area contributed by atoms with Gasteiger partial charge in [-0.1, -0.05) is 139 Å². The maximum absolute atomic E-state index is 2.95. The van der Waals surface area contributed by atoms with E-state index in [9.17, 15) is 0 Å². The Morgan fingerprint density at radius 2 is 1.13 bits per heavy atom. The Morgan fingerprint density at radius 1 is 0.582 bits per heavy atom. The first-order chi connectivity index (χ1) is 25.8. The highest BCUT2D eigenvalue weighted by atomic mass is 15.2. The third-order valence-electron chi connectivity index (χ3n) is 16.0. The van der Waals surface area contributed by atoms with E-state index in [1.165, 1.54) is 113 Å². The van der Waals surface area contributed by atoms with Gasteiger partial charge >= 0.3 is 0 Å². The first-order valence-electron chi connectivity index (χ1n) is 22.0. The molecule has 5 aliphatic rings. The molecule has 9 rings (SSSR count). The molecule has 0 N–H and O–H groups in total. The van der Waals surface area contributed by atoms with E-state index < -0.39 is 0 Å². The first kappa shape index (κ1) is 37.1. The molecule has 2 bridgehead atoms. The fourth-order valence-corrected chi connectivity index (χ4v) is 11.9. The Balaban J connectivity index is 1.38. The Labute approximate surface area is 334 Å². The van der Waals surface area contributed by atoms with Gasteiger partial charge in [-0.3, -0.25) is 0 Å². The van der Waals surface area contributed by atoms with Crippen LogP contribution in [0.25, 0.3) is 0 Å². The van der Waals surface area contributed by atoms with Crippen LogP contribution in [0.15, 0.2) is 72.8 Å². The van der Waals surface area contributed by atoms with Crippen LogP contribution >= 0.6 is 0 Å². The average molecular weight is 731 g/mol. The lowest BCUT2D eigenvalue weighted by Gasteiger charge is -2.51. The summed E-state index contributed by atoms with van der Waals surface area (Å²) in [6, 6.07) is 30.6. The zero-order valence-corrected chi connectivity index (χ0v) is 36.3. The second-order valence-corrected chi connectivity index (χ2v) is 22.4. The standard InChI is InChI=1S/C52H67BN2/c1-48(2,3)35-18-22-39(23-19-35)54-42-24-20-36(49(4,5)6)30-40(42)53-41-31-37(50(7,8)9)21-25-43(41)55(46-32-38-26-27-52(46,12)51(38,10)11)45-29-34(28-44(54)47(45)53)33-16-14-13-15-17-33/h18-25,28-31,33,38,46H,13-17,26-27,32H2,1-12H3. The fourth-order valence-electron chi connectivity index (χ4n) is 11.9. The van der Waals surface area contributed by atoms with Crippen LogP contribution in [0.2, 0.25) is 0 Å². The van der Waals surface area contributed by atoms with Crippen LogP contribution in [-0.4, -0.2) is 12.8 Å². The van der Waals surface area contributed by atoms with E-state index in [0.717, 1.165) is 5.92 Å². The summed E-state index contributed by atoms with van der Waals surface area (Å²) in [4.78, 5) is 5.63. The first-order valence-corrected chi connectivity index (χ1v) is 22.0. The molecule has 0 amide bonds. The molecule has 0 spiro atoms. The minimum absolute atomic E-state index is 0.0439. The molecule has 3 aliphatic carbocycles. The van der Waals surface area contributed by atoms with E-state index in [-0.39, 0.29) is 28.4 Å². The molecule has 3 atom stereocenters. The van der Waals surface area contributed by atoms with Gasteiger partial charge in [0.2, 0.25) is 0 Å². The van der Waals surface area contributed by atoms with Gasteiger partial charge < -0.3 is 9.80 Å². The number of hydrogen-bond acceptors (Lipinski definition) is 2. The van der Waals surface area contributed by atoms with E-state index in [1.54, 1.807) is 5.56 Å². The molecule has 4 aromatic rings. The van der Waals surface area contributed by atoms with Gasteiger partial charge in [-0.25, -0.2) is 0 Å². The quantitative estimate of drug-likeness (QED) is 0.171. The number of benzene rings is 4. The predicted octanol–water partition coefficient (Wildman–Crippen LogP) is 12.6. The highest BCUT2D eigenvalue weighted by Gasteiger charge is 2.64. The second-order valence-electron chi connectivity index (χ2n) is 22.4. The summed E-state index contributed by atoms with van der Waals surface area (Å²) in [5, 5.41) is 0. The normalized spacial score (nSPS) is 24.5. The molecular weight excluding hydrogens is 663 g/mol. The van der Waals surface area contributed by atoms with Crippen LogP contribution in [0.4, 0.5) is 28.4 Å². The van der Waals surface area contributed by atoms with Gasteiger partial charge in [-0.15, -0.1) is 0 Å². The van der Waals surface area contributed by atoms with Crippen LogP contribution in [0.1, 0.15) is 163 Å². The van der Waals surface area contributed by atoms with Crippen molar-refractivity contribution in [3.8, 4) is 0 Å². The summed E-state index contributed by atoms with van der Waals surface area (Å²) < 4.78 is 0. The number of anilines is 5. The molecule has 2 heterocycles. The van der Waals surface area contributed by atoms with Crippen LogP contribution < -0.4 is 26.2 Å². The van der Waals surface area contributed by atoms with Gasteiger partial charge in [0, 0.05) is 34.5 Å². The maximum Gasteiger partial charge on any atom is 0.252 e. The summed E-state index contributed by atoms with van der Waals surface area (Å²) >= 11 is 0. The van der Waals surface area contributed by atoms with Crippen molar-refractivity contribution in [1.29, 1.82) is 0 Å². The van der Waals surface area contributed by atoms with Crippen LogP contribution in [0, 0.1) is 16.7 Å². The maximum atomic E-state index is 2.95. The number of hydrogen-bond donors (Lipinski definition) is 0. The Hall–Kier alpha value is -3.46. The molecule has 3 heteroatoms. The number of rotatable bonds is 3. The summed E-state index contributed by atoms with van der Waals surface area (Å²) in [6.07, 6.45) is 10.6. The Kier molecular flexibility index (Phi) is 8.29. The SMILES string of the molecule is CC(C)(C)c1ccc(N2c3ccc(C(C)(C)C)cc3B3c4cc(C(C)(C)C)ccc4N(C4CC5CCC4(C)C5(C)C)c4cc(C5CCCCC5)cc2c43)cc1. The lowest BCUT2D eigenvalue weighted by atomic mass is 9.33. The third-order valence-corrected chi connectivity index (χ3v) is 16.0. The fraction of sp³-hybridized carbons (Fsp3) is 0.538. The van der Waals surface area contributed by atoms with Crippen molar-refractivity contribution >= 4 is 51.5 Å². The average Bonchev–Trinajstić information content (AvgIpc) is 3.47. The van der Waals surface area contributed by atoms with E-state index in [4.69, 9.17) is 0 Å². The molecule has 3 saturated carbocycles. The van der Waals surface area contributed by atoms with Crippen molar-refractivity contribution in [3.63, 3.8) is 0 Å². The second kappa shape index (κ2) is 12.3. The zero-order valence-electron chi connectivity index (χ0n) is 36.3. The van der Waals surface area contributed by atoms with Gasteiger partial charge in [0.15, 0.2) is 0 Å². The summed E-state index contributed by atoms with van der Waals surface area (Å²) in [5.74, 6) is 1.38. The lowest BCUT2D eigenvalue weighted by molar-refractivity contribution is 0.136. The third kappa shape index (κ3) is 5.62. The van der Waals surface area contributed by atoms with Crippen molar-refractivity contribution in [1.82, 2.24) is 0 Å². The number of nitrogens with zero attached hydrogens (tertiary/aromatic N) is 2. The minimum atomic E-state index is 0.0439. The minimum Gasteiger partial charge on any atom is -0.339 e. The molecule has 0 saturated heterocycles. The number of fused-ring (bicyclic) bond motifs is 6. The van der Waals surface area contributed by atoms with Crippen molar-refractivity contribution in [2.75, 3.05) is 9.80 Å². The van der Waals surface area contributed by atoms with Crippen molar-refractivity contribution < 1.29 is 0 Å². The smallest absolute Gasteiger partial charge is 0.252 e.